The molecule has 2 nitrogen and oxygen atoms in total. The lowest BCUT2D eigenvalue weighted by Gasteiger charge is -2.07. The van der Waals surface area contributed by atoms with E-state index in [2.05, 4.69) is 4.98 Å². The second-order valence-electron chi connectivity index (χ2n) is 2.83. The Bertz CT molecular complexity index is 443. The maximum atomic E-state index is 6.13. The number of rotatable bonds is 3. The zero-order valence-electron chi connectivity index (χ0n) is 7.81. The van der Waals surface area contributed by atoms with E-state index >= 15 is 0 Å². The Hall–Kier alpha value is -0.550. The monoisotopic (exact) mass is 256 g/mol. The molecule has 0 amide bonds. The Labute approximate surface area is 101 Å². The molecular weight excluding hydrogens is 248 g/mol. The van der Waals surface area contributed by atoms with Gasteiger partial charge in [0.2, 0.25) is 0 Å². The van der Waals surface area contributed by atoms with Crippen LogP contribution < -0.4 is 5.73 Å². The average molecular weight is 257 g/mol. The maximum Gasteiger partial charge on any atom is 0.154 e. The summed E-state index contributed by atoms with van der Waals surface area (Å²) in [4.78, 5) is 5.22. The summed E-state index contributed by atoms with van der Waals surface area (Å²) >= 11 is 9.29. The van der Waals surface area contributed by atoms with Crippen molar-refractivity contribution in [3.05, 3.63) is 40.4 Å². The highest BCUT2D eigenvalue weighted by Crippen LogP contribution is 2.36. The molecule has 2 aromatic rings. The van der Waals surface area contributed by atoms with Gasteiger partial charge in [0.1, 0.15) is 0 Å². The second kappa shape index (κ2) is 4.99. The molecule has 2 N–H and O–H groups in total. The maximum absolute atomic E-state index is 6.13. The Balaban J connectivity index is 2.34. The van der Waals surface area contributed by atoms with Crippen molar-refractivity contribution in [3.8, 4) is 0 Å². The van der Waals surface area contributed by atoms with Gasteiger partial charge in [0, 0.05) is 23.0 Å². The predicted octanol–water partition coefficient (Wildman–Crippen LogP) is 3.41. The molecule has 78 valence electrons. The van der Waals surface area contributed by atoms with Crippen molar-refractivity contribution in [2.24, 2.45) is 5.73 Å². The number of thiazole rings is 1. The zero-order valence-corrected chi connectivity index (χ0v) is 10.2. The van der Waals surface area contributed by atoms with Crippen molar-refractivity contribution in [3.63, 3.8) is 0 Å². The molecular formula is C10H9ClN2S2. The lowest BCUT2D eigenvalue weighted by molar-refractivity contribution is 1.03. The number of aromatic nitrogens is 1. The quantitative estimate of drug-likeness (QED) is 0.915. The van der Waals surface area contributed by atoms with Crippen LogP contribution in [0.15, 0.2) is 39.0 Å². The number of hydrogen-bond donors (Lipinski definition) is 1. The minimum Gasteiger partial charge on any atom is -0.326 e. The van der Waals surface area contributed by atoms with Crippen LogP contribution in [0.2, 0.25) is 5.02 Å². The van der Waals surface area contributed by atoms with Crippen LogP contribution in [0, 0.1) is 0 Å². The molecule has 15 heavy (non-hydrogen) atoms. The second-order valence-corrected chi connectivity index (χ2v) is 5.39. The van der Waals surface area contributed by atoms with Gasteiger partial charge in [-0.2, -0.15) is 0 Å². The van der Waals surface area contributed by atoms with Gasteiger partial charge in [0.05, 0.1) is 5.02 Å². The van der Waals surface area contributed by atoms with Crippen LogP contribution in [-0.2, 0) is 6.54 Å². The van der Waals surface area contributed by atoms with Crippen LogP contribution in [-0.4, -0.2) is 4.98 Å². The van der Waals surface area contributed by atoms with Gasteiger partial charge in [-0.3, -0.25) is 0 Å². The Morgan fingerprint density at radius 3 is 3.00 bits per heavy atom. The van der Waals surface area contributed by atoms with Crippen molar-refractivity contribution in [2.45, 2.75) is 15.8 Å². The molecule has 0 atom stereocenters. The average Bonchev–Trinajstić information content (AvgIpc) is 2.74. The van der Waals surface area contributed by atoms with Gasteiger partial charge in [0.25, 0.3) is 0 Å². The van der Waals surface area contributed by atoms with Crippen molar-refractivity contribution >= 4 is 34.7 Å². The van der Waals surface area contributed by atoms with E-state index in [-0.39, 0.29) is 0 Å². The Morgan fingerprint density at radius 1 is 1.47 bits per heavy atom. The standard InChI is InChI=1S/C10H9ClN2S2/c11-8-3-1-2-7(6-12)9(8)15-10-13-4-5-14-10/h1-5H,6,12H2. The van der Waals surface area contributed by atoms with E-state index in [0.717, 1.165) is 19.8 Å². The molecule has 1 heterocycles. The van der Waals surface area contributed by atoms with E-state index in [1.165, 1.54) is 0 Å². The third-order valence-electron chi connectivity index (χ3n) is 1.87. The highest BCUT2D eigenvalue weighted by molar-refractivity contribution is 8.01. The van der Waals surface area contributed by atoms with Crippen molar-refractivity contribution in [1.29, 1.82) is 0 Å². The fourth-order valence-corrected chi connectivity index (χ4v) is 3.19. The van der Waals surface area contributed by atoms with Crippen molar-refractivity contribution in [1.82, 2.24) is 4.98 Å². The molecule has 0 saturated heterocycles. The minimum absolute atomic E-state index is 0.494. The van der Waals surface area contributed by atoms with Gasteiger partial charge in [-0.1, -0.05) is 35.5 Å². The minimum atomic E-state index is 0.494. The zero-order chi connectivity index (χ0) is 10.7. The summed E-state index contributed by atoms with van der Waals surface area (Å²) in [5.74, 6) is 0. The van der Waals surface area contributed by atoms with E-state index in [1.54, 1.807) is 29.3 Å². The van der Waals surface area contributed by atoms with Gasteiger partial charge in [-0.25, -0.2) is 4.98 Å². The Morgan fingerprint density at radius 2 is 2.33 bits per heavy atom. The molecule has 1 aromatic heterocycles. The van der Waals surface area contributed by atoms with E-state index in [1.807, 2.05) is 23.6 Å². The molecule has 0 aliphatic heterocycles. The summed E-state index contributed by atoms with van der Waals surface area (Å²) in [6.45, 7) is 0.494. The van der Waals surface area contributed by atoms with Crippen LogP contribution in [0.1, 0.15) is 5.56 Å². The first-order chi connectivity index (χ1) is 7.31. The van der Waals surface area contributed by atoms with Crippen LogP contribution in [0.4, 0.5) is 0 Å². The number of nitrogens with zero attached hydrogens (tertiary/aromatic N) is 1. The first kappa shape index (κ1) is 11.0. The summed E-state index contributed by atoms with van der Waals surface area (Å²) < 4.78 is 0.984. The van der Waals surface area contributed by atoms with Crippen LogP contribution >= 0.6 is 34.7 Å². The third kappa shape index (κ3) is 2.52. The molecule has 0 saturated carbocycles. The topological polar surface area (TPSA) is 38.9 Å². The van der Waals surface area contributed by atoms with Crippen LogP contribution in [0.25, 0.3) is 0 Å². The summed E-state index contributed by atoms with van der Waals surface area (Å²) in [6, 6.07) is 5.77. The number of nitrogens with two attached hydrogens (primary N) is 1. The first-order valence-corrected chi connectivity index (χ1v) is 6.43. The molecule has 0 aliphatic rings. The molecule has 0 bridgehead atoms. The lowest BCUT2D eigenvalue weighted by Crippen LogP contribution is -1.98. The van der Waals surface area contributed by atoms with E-state index in [9.17, 15) is 0 Å². The van der Waals surface area contributed by atoms with Crippen molar-refractivity contribution < 1.29 is 0 Å². The normalized spacial score (nSPS) is 10.5. The van der Waals surface area contributed by atoms with E-state index in [4.69, 9.17) is 17.3 Å². The molecule has 0 aliphatic carbocycles. The largest absolute Gasteiger partial charge is 0.326 e. The highest BCUT2D eigenvalue weighted by atomic mass is 35.5. The fraction of sp³-hybridized carbons (Fsp3) is 0.100. The SMILES string of the molecule is NCc1cccc(Cl)c1Sc1nccs1. The highest BCUT2D eigenvalue weighted by Gasteiger charge is 2.08. The predicted molar refractivity (Wildman–Crippen MR) is 65.6 cm³/mol. The van der Waals surface area contributed by atoms with E-state index in [0.29, 0.717) is 6.54 Å². The molecule has 0 fully saturated rings. The first-order valence-electron chi connectivity index (χ1n) is 4.36. The van der Waals surface area contributed by atoms with Crippen molar-refractivity contribution in [2.75, 3.05) is 0 Å². The molecule has 0 unspecified atom stereocenters. The lowest BCUT2D eigenvalue weighted by atomic mass is 10.2. The summed E-state index contributed by atoms with van der Waals surface area (Å²) in [5, 5.41) is 2.68. The summed E-state index contributed by atoms with van der Waals surface area (Å²) in [7, 11) is 0. The van der Waals surface area contributed by atoms with Crippen LogP contribution in [0.5, 0.6) is 0 Å². The number of halogens is 1. The third-order valence-corrected chi connectivity index (χ3v) is 4.36. The summed E-state index contributed by atoms with van der Waals surface area (Å²) in [6.07, 6.45) is 1.78. The number of hydrogen-bond acceptors (Lipinski definition) is 4. The molecule has 1 aromatic carbocycles. The molecule has 2 rings (SSSR count). The van der Waals surface area contributed by atoms with Gasteiger partial charge in [-0.15, -0.1) is 11.3 Å². The van der Waals surface area contributed by atoms with Gasteiger partial charge in [-0.05, 0) is 11.6 Å². The molecule has 0 radical (unpaired) electrons. The molecule has 0 spiro atoms. The van der Waals surface area contributed by atoms with Gasteiger partial charge >= 0.3 is 0 Å². The number of benzene rings is 1. The van der Waals surface area contributed by atoms with Gasteiger partial charge in [0.15, 0.2) is 4.34 Å². The van der Waals surface area contributed by atoms with Crippen LogP contribution in [0.3, 0.4) is 0 Å². The van der Waals surface area contributed by atoms with E-state index < -0.39 is 0 Å². The summed E-state index contributed by atoms with van der Waals surface area (Å²) in [5.41, 5.74) is 6.72. The fourth-order valence-electron chi connectivity index (χ4n) is 1.18. The smallest absolute Gasteiger partial charge is 0.154 e. The van der Waals surface area contributed by atoms with Gasteiger partial charge < -0.3 is 5.73 Å². The molecule has 5 heteroatoms. The Kier molecular flexibility index (Phi) is 3.64.